The normalized spacial score (nSPS) is 25.8. The van der Waals surface area contributed by atoms with Gasteiger partial charge in [-0.2, -0.15) is 4.98 Å². The maximum atomic E-state index is 5.60. The summed E-state index contributed by atoms with van der Waals surface area (Å²) in [5.74, 6) is 2.05. The van der Waals surface area contributed by atoms with Crippen molar-refractivity contribution >= 4 is 11.8 Å². The first-order chi connectivity index (χ1) is 12.7. The Morgan fingerprint density at radius 2 is 1.69 bits per heavy atom. The summed E-state index contributed by atoms with van der Waals surface area (Å²) in [5, 5.41) is 0. The van der Waals surface area contributed by atoms with E-state index in [1.807, 2.05) is 7.11 Å². The summed E-state index contributed by atoms with van der Waals surface area (Å²) < 4.78 is 5.60. The molecule has 0 spiro atoms. The van der Waals surface area contributed by atoms with E-state index in [1.54, 1.807) is 0 Å². The minimum absolute atomic E-state index is 0.425. The molecule has 0 unspecified atom stereocenters. The predicted octanol–water partition coefficient (Wildman–Crippen LogP) is 2.46. The number of rotatable bonds is 4. The van der Waals surface area contributed by atoms with Crippen molar-refractivity contribution < 1.29 is 4.74 Å². The molecule has 1 aromatic heterocycles. The van der Waals surface area contributed by atoms with Crippen molar-refractivity contribution in [1.29, 1.82) is 0 Å². The van der Waals surface area contributed by atoms with Gasteiger partial charge in [0.2, 0.25) is 5.95 Å². The van der Waals surface area contributed by atoms with Gasteiger partial charge >= 0.3 is 0 Å². The van der Waals surface area contributed by atoms with Crippen LogP contribution in [-0.2, 0) is 4.74 Å². The lowest BCUT2D eigenvalue weighted by Gasteiger charge is -2.42. The molecule has 0 aromatic carbocycles. The van der Waals surface area contributed by atoms with Crippen molar-refractivity contribution in [2.45, 2.75) is 57.6 Å². The minimum atomic E-state index is 0.425. The Balaban J connectivity index is 1.38. The van der Waals surface area contributed by atoms with Gasteiger partial charge in [0.15, 0.2) is 0 Å². The van der Waals surface area contributed by atoms with Gasteiger partial charge < -0.3 is 14.5 Å². The number of likely N-dealkylation sites (tertiary alicyclic amines) is 1. The van der Waals surface area contributed by atoms with E-state index in [-0.39, 0.29) is 0 Å². The SMILES string of the molecule is CO[C@H]1CCCN(C2CCN(c3cc(C)nc(N4CCCC4)n3)CC2)C1. The topological polar surface area (TPSA) is 44.7 Å². The Morgan fingerprint density at radius 3 is 2.42 bits per heavy atom. The van der Waals surface area contributed by atoms with Crippen molar-refractivity contribution in [1.82, 2.24) is 14.9 Å². The number of ether oxygens (including phenoxy) is 1. The lowest BCUT2D eigenvalue weighted by atomic mass is 9.99. The van der Waals surface area contributed by atoms with Crippen molar-refractivity contribution in [3.05, 3.63) is 11.8 Å². The third-order valence-corrected chi connectivity index (χ3v) is 6.27. The molecule has 4 rings (SSSR count). The quantitative estimate of drug-likeness (QED) is 0.823. The third kappa shape index (κ3) is 3.96. The molecule has 0 amide bonds. The summed E-state index contributed by atoms with van der Waals surface area (Å²) in [7, 11) is 1.85. The zero-order chi connectivity index (χ0) is 17.9. The van der Waals surface area contributed by atoms with Crippen LogP contribution in [0.3, 0.4) is 0 Å². The van der Waals surface area contributed by atoms with Crippen molar-refractivity contribution in [2.24, 2.45) is 0 Å². The lowest BCUT2D eigenvalue weighted by molar-refractivity contribution is 0.0102. The fourth-order valence-electron chi connectivity index (χ4n) is 4.71. The first-order valence-electron chi connectivity index (χ1n) is 10.4. The van der Waals surface area contributed by atoms with Crippen LogP contribution in [-0.4, -0.2) is 73.4 Å². The summed E-state index contributed by atoms with van der Waals surface area (Å²) in [4.78, 5) is 17.1. The van der Waals surface area contributed by atoms with Gasteiger partial charge in [-0.25, -0.2) is 4.98 Å². The average molecular weight is 360 g/mol. The zero-order valence-electron chi connectivity index (χ0n) is 16.4. The number of nitrogens with zero attached hydrogens (tertiary/aromatic N) is 5. The maximum absolute atomic E-state index is 5.60. The van der Waals surface area contributed by atoms with Crippen LogP contribution in [0.25, 0.3) is 0 Å². The highest BCUT2D eigenvalue weighted by Gasteiger charge is 2.29. The van der Waals surface area contributed by atoms with E-state index in [4.69, 9.17) is 9.72 Å². The summed E-state index contributed by atoms with van der Waals surface area (Å²) >= 11 is 0. The third-order valence-electron chi connectivity index (χ3n) is 6.27. The number of anilines is 2. The predicted molar refractivity (Wildman–Crippen MR) is 105 cm³/mol. The van der Waals surface area contributed by atoms with E-state index in [9.17, 15) is 0 Å². The summed E-state index contributed by atoms with van der Waals surface area (Å²) in [6.07, 6.45) is 7.87. The molecule has 0 N–H and O–H groups in total. The van der Waals surface area contributed by atoms with Crippen LogP contribution in [0.2, 0.25) is 0 Å². The standard InChI is InChI=1S/C20H33N5O/c1-16-14-19(22-20(21-16)24-9-3-4-10-24)23-12-7-17(8-13-23)25-11-5-6-18(15-25)26-2/h14,17-18H,3-13,15H2,1-2H3/t18-/m0/s1. The first kappa shape index (κ1) is 18.0. The molecule has 0 saturated carbocycles. The molecule has 0 bridgehead atoms. The highest BCUT2D eigenvalue weighted by atomic mass is 16.5. The van der Waals surface area contributed by atoms with Crippen LogP contribution in [0.1, 0.15) is 44.2 Å². The summed E-state index contributed by atoms with van der Waals surface area (Å²) in [5.41, 5.74) is 1.08. The van der Waals surface area contributed by atoms with Crippen LogP contribution >= 0.6 is 0 Å². The molecule has 4 heterocycles. The number of hydrogen-bond acceptors (Lipinski definition) is 6. The van der Waals surface area contributed by atoms with Crippen LogP contribution < -0.4 is 9.80 Å². The molecule has 3 fully saturated rings. The van der Waals surface area contributed by atoms with E-state index in [2.05, 4.69) is 32.7 Å². The zero-order valence-corrected chi connectivity index (χ0v) is 16.4. The fourth-order valence-corrected chi connectivity index (χ4v) is 4.71. The van der Waals surface area contributed by atoms with Gasteiger partial charge in [-0.15, -0.1) is 0 Å². The Bertz CT molecular complexity index is 596. The monoisotopic (exact) mass is 359 g/mol. The highest BCUT2D eigenvalue weighted by molar-refractivity contribution is 5.46. The molecule has 0 radical (unpaired) electrons. The smallest absolute Gasteiger partial charge is 0.227 e. The molecule has 144 valence electrons. The van der Waals surface area contributed by atoms with E-state index >= 15 is 0 Å². The average Bonchev–Trinajstić information content (AvgIpc) is 3.23. The van der Waals surface area contributed by atoms with Crippen LogP contribution in [0.15, 0.2) is 6.07 Å². The minimum Gasteiger partial charge on any atom is -0.380 e. The molecular weight excluding hydrogens is 326 g/mol. The largest absolute Gasteiger partial charge is 0.380 e. The van der Waals surface area contributed by atoms with Gasteiger partial charge in [-0.3, -0.25) is 4.90 Å². The van der Waals surface area contributed by atoms with E-state index < -0.39 is 0 Å². The highest BCUT2D eigenvalue weighted by Crippen LogP contribution is 2.26. The van der Waals surface area contributed by atoms with Crippen LogP contribution in [0, 0.1) is 6.92 Å². The van der Waals surface area contributed by atoms with Crippen molar-refractivity contribution in [2.75, 3.05) is 56.2 Å². The number of methoxy groups -OCH3 is 1. The van der Waals surface area contributed by atoms with Crippen molar-refractivity contribution in [3.8, 4) is 0 Å². The Morgan fingerprint density at radius 1 is 0.923 bits per heavy atom. The fraction of sp³-hybridized carbons (Fsp3) is 0.800. The maximum Gasteiger partial charge on any atom is 0.227 e. The number of aryl methyl sites for hydroxylation is 1. The number of hydrogen-bond donors (Lipinski definition) is 0. The molecule has 6 heteroatoms. The second-order valence-corrected chi connectivity index (χ2v) is 8.07. The van der Waals surface area contributed by atoms with E-state index in [0.717, 1.165) is 50.2 Å². The van der Waals surface area contributed by atoms with Gasteiger partial charge in [0.05, 0.1) is 6.10 Å². The molecule has 1 aromatic rings. The van der Waals surface area contributed by atoms with Crippen LogP contribution in [0.5, 0.6) is 0 Å². The van der Waals surface area contributed by atoms with Gasteiger partial charge in [-0.05, 0) is 52.0 Å². The molecule has 3 aliphatic heterocycles. The second-order valence-electron chi connectivity index (χ2n) is 8.07. The van der Waals surface area contributed by atoms with Gasteiger partial charge in [0.25, 0.3) is 0 Å². The molecule has 26 heavy (non-hydrogen) atoms. The van der Waals surface area contributed by atoms with E-state index in [1.165, 1.54) is 45.1 Å². The number of piperidine rings is 2. The molecule has 3 saturated heterocycles. The van der Waals surface area contributed by atoms with Crippen LogP contribution in [0.4, 0.5) is 11.8 Å². The molecular formula is C20H33N5O. The number of aromatic nitrogens is 2. The lowest BCUT2D eigenvalue weighted by Crippen LogP contribution is -2.50. The van der Waals surface area contributed by atoms with Crippen molar-refractivity contribution in [3.63, 3.8) is 0 Å². The van der Waals surface area contributed by atoms with Gasteiger partial charge in [0.1, 0.15) is 5.82 Å². The van der Waals surface area contributed by atoms with Gasteiger partial charge in [-0.1, -0.05) is 0 Å². The summed E-state index contributed by atoms with van der Waals surface area (Å²) in [6.45, 7) is 8.81. The Hall–Kier alpha value is -1.40. The Kier molecular flexibility index (Phi) is 5.60. The molecule has 0 aliphatic carbocycles. The summed E-state index contributed by atoms with van der Waals surface area (Å²) in [6, 6.07) is 2.85. The second kappa shape index (κ2) is 8.09. The molecule has 1 atom stereocenters. The molecule has 6 nitrogen and oxygen atoms in total. The Labute approximate surface area is 157 Å². The van der Waals surface area contributed by atoms with E-state index in [0.29, 0.717) is 12.1 Å². The molecule has 3 aliphatic rings. The first-order valence-corrected chi connectivity index (χ1v) is 10.4. The van der Waals surface area contributed by atoms with Gasteiger partial charge in [0, 0.05) is 57.6 Å².